The molecule has 0 amide bonds. The van der Waals surface area contributed by atoms with Gasteiger partial charge in [-0.15, -0.1) is 12.4 Å². The van der Waals surface area contributed by atoms with Gasteiger partial charge < -0.3 is 5.32 Å². The Morgan fingerprint density at radius 2 is 1.68 bits per heavy atom. The second-order valence-corrected chi connectivity index (χ2v) is 5.60. The highest BCUT2D eigenvalue weighted by Crippen LogP contribution is 2.29. The van der Waals surface area contributed by atoms with Crippen LogP contribution in [0, 0.1) is 17.5 Å². The van der Waals surface area contributed by atoms with Gasteiger partial charge in [-0.05, 0) is 24.1 Å². The van der Waals surface area contributed by atoms with Crippen LogP contribution in [0.1, 0.15) is 44.2 Å². The summed E-state index contributed by atoms with van der Waals surface area (Å²) in [5.41, 5.74) is 0.546. The molecule has 0 bridgehead atoms. The first-order chi connectivity index (χ1) is 10.1. The summed E-state index contributed by atoms with van der Waals surface area (Å²) in [6, 6.07) is 2.26. The molecule has 0 saturated carbocycles. The summed E-state index contributed by atoms with van der Waals surface area (Å²) in [6.45, 7) is 5.55. The van der Waals surface area contributed by atoms with Crippen LogP contribution in [-0.2, 0) is 0 Å². The first-order valence-corrected chi connectivity index (χ1v) is 7.72. The Kier molecular flexibility index (Phi) is 8.21. The van der Waals surface area contributed by atoms with Crippen LogP contribution in [0.4, 0.5) is 13.2 Å². The molecule has 6 heteroatoms. The molecule has 0 radical (unpaired) electrons. The number of hydrogen-bond acceptors (Lipinski definition) is 2. The molecule has 0 spiro atoms. The third-order valence-electron chi connectivity index (χ3n) is 4.06. The van der Waals surface area contributed by atoms with Crippen LogP contribution in [0.15, 0.2) is 12.1 Å². The van der Waals surface area contributed by atoms with E-state index in [0.29, 0.717) is 5.56 Å². The van der Waals surface area contributed by atoms with E-state index in [0.717, 1.165) is 64.0 Å². The van der Waals surface area contributed by atoms with Crippen molar-refractivity contribution in [1.29, 1.82) is 0 Å². The molecule has 1 aromatic carbocycles. The lowest BCUT2D eigenvalue weighted by atomic mass is 9.97. The van der Waals surface area contributed by atoms with E-state index >= 15 is 0 Å². The lowest BCUT2D eigenvalue weighted by Crippen LogP contribution is -2.45. The van der Waals surface area contributed by atoms with Crippen LogP contribution in [0.3, 0.4) is 0 Å². The van der Waals surface area contributed by atoms with Gasteiger partial charge in [0.25, 0.3) is 0 Å². The zero-order chi connectivity index (χ0) is 15.2. The van der Waals surface area contributed by atoms with Crippen LogP contribution < -0.4 is 5.32 Å². The van der Waals surface area contributed by atoms with Crippen molar-refractivity contribution in [3.05, 3.63) is 35.1 Å². The summed E-state index contributed by atoms with van der Waals surface area (Å²) in [5.74, 6) is -3.58. The van der Waals surface area contributed by atoms with E-state index in [-0.39, 0.29) is 18.4 Å². The number of unbranched alkanes of at least 4 members (excludes halogenated alkanes) is 2. The van der Waals surface area contributed by atoms with Gasteiger partial charge >= 0.3 is 0 Å². The van der Waals surface area contributed by atoms with E-state index in [1.54, 1.807) is 0 Å². The van der Waals surface area contributed by atoms with Gasteiger partial charge in [-0.3, -0.25) is 4.90 Å². The van der Waals surface area contributed by atoms with Crippen molar-refractivity contribution in [2.75, 3.05) is 26.2 Å². The van der Waals surface area contributed by atoms with E-state index in [1.165, 1.54) is 0 Å². The highest BCUT2D eigenvalue weighted by atomic mass is 35.5. The van der Waals surface area contributed by atoms with Gasteiger partial charge in [0, 0.05) is 32.2 Å². The molecule has 1 heterocycles. The maximum atomic E-state index is 13.5. The number of nitrogens with one attached hydrogen (secondary N) is 1. The maximum Gasteiger partial charge on any atom is 0.194 e. The lowest BCUT2D eigenvalue weighted by molar-refractivity contribution is 0.162. The van der Waals surface area contributed by atoms with E-state index in [9.17, 15) is 13.2 Å². The molecule has 1 atom stereocenters. The van der Waals surface area contributed by atoms with Gasteiger partial charge in [-0.25, -0.2) is 13.2 Å². The number of piperazine rings is 1. The van der Waals surface area contributed by atoms with Crippen molar-refractivity contribution in [3.63, 3.8) is 0 Å². The van der Waals surface area contributed by atoms with Crippen molar-refractivity contribution >= 4 is 12.4 Å². The third-order valence-corrected chi connectivity index (χ3v) is 4.06. The Morgan fingerprint density at radius 3 is 2.23 bits per heavy atom. The molecule has 1 fully saturated rings. The first kappa shape index (κ1) is 19.3. The van der Waals surface area contributed by atoms with Crippen LogP contribution in [-0.4, -0.2) is 31.1 Å². The summed E-state index contributed by atoms with van der Waals surface area (Å²) in [7, 11) is 0. The number of benzene rings is 1. The molecular formula is C16H24ClF3N2. The highest BCUT2D eigenvalue weighted by molar-refractivity contribution is 5.85. The summed E-state index contributed by atoms with van der Waals surface area (Å²) in [4.78, 5) is 2.23. The molecule has 1 saturated heterocycles. The van der Waals surface area contributed by atoms with Gasteiger partial charge in [-0.2, -0.15) is 0 Å². The molecule has 0 aromatic heterocycles. The SMILES string of the molecule is CCCCC[C@@H](c1cc(F)c(F)c(F)c1)N1CCNCC1.Cl. The third kappa shape index (κ3) is 4.86. The Labute approximate surface area is 136 Å². The zero-order valence-corrected chi connectivity index (χ0v) is 13.7. The molecule has 126 valence electrons. The molecule has 0 aliphatic carbocycles. The van der Waals surface area contributed by atoms with E-state index in [2.05, 4.69) is 17.1 Å². The van der Waals surface area contributed by atoms with Crippen molar-refractivity contribution in [3.8, 4) is 0 Å². The summed E-state index contributed by atoms with van der Waals surface area (Å²) in [5, 5.41) is 3.27. The predicted molar refractivity (Wildman–Crippen MR) is 84.9 cm³/mol. The van der Waals surface area contributed by atoms with Crippen LogP contribution >= 0.6 is 12.4 Å². The minimum atomic E-state index is -1.38. The monoisotopic (exact) mass is 336 g/mol. The number of nitrogens with zero attached hydrogens (tertiary/aromatic N) is 1. The van der Waals surface area contributed by atoms with Gasteiger partial charge in [0.05, 0.1) is 0 Å². The predicted octanol–water partition coefficient (Wildman–Crippen LogP) is 4.05. The number of rotatable bonds is 6. The summed E-state index contributed by atoms with van der Waals surface area (Å²) in [6.07, 6.45) is 4.04. The fourth-order valence-electron chi connectivity index (χ4n) is 2.91. The highest BCUT2D eigenvalue weighted by Gasteiger charge is 2.24. The average Bonchev–Trinajstić information content (AvgIpc) is 2.50. The smallest absolute Gasteiger partial charge is 0.194 e. The normalized spacial score (nSPS) is 17.1. The number of hydrogen-bond donors (Lipinski definition) is 1. The van der Waals surface area contributed by atoms with E-state index < -0.39 is 17.5 Å². The van der Waals surface area contributed by atoms with E-state index in [4.69, 9.17) is 0 Å². The standard InChI is InChI=1S/C16H23F3N2.ClH/c1-2-3-4-5-15(21-8-6-20-7-9-21)12-10-13(17)16(19)14(18)11-12;/h10-11,15,20H,2-9H2,1H3;1H/t15-;/m0./s1. The second-order valence-electron chi connectivity index (χ2n) is 5.60. The molecule has 2 rings (SSSR count). The fraction of sp³-hybridized carbons (Fsp3) is 0.625. The molecule has 1 N–H and O–H groups in total. The Hall–Kier alpha value is -0.780. The molecule has 1 aromatic rings. The maximum absolute atomic E-state index is 13.5. The minimum Gasteiger partial charge on any atom is -0.314 e. The lowest BCUT2D eigenvalue weighted by Gasteiger charge is -2.35. The van der Waals surface area contributed by atoms with Gasteiger partial charge in [0.15, 0.2) is 17.5 Å². The Bertz CT molecular complexity index is 442. The molecular weight excluding hydrogens is 313 g/mol. The largest absolute Gasteiger partial charge is 0.314 e. The summed E-state index contributed by atoms with van der Waals surface area (Å²) >= 11 is 0. The first-order valence-electron chi connectivity index (χ1n) is 7.72. The van der Waals surface area contributed by atoms with Gasteiger partial charge in [0.2, 0.25) is 0 Å². The van der Waals surface area contributed by atoms with Crippen molar-refractivity contribution in [1.82, 2.24) is 10.2 Å². The van der Waals surface area contributed by atoms with Crippen molar-refractivity contribution in [2.24, 2.45) is 0 Å². The van der Waals surface area contributed by atoms with Crippen molar-refractivity contribution < 1.29 is 13.2 Å². The topological polar surface area (TPSA) is 15.3 Å². The van der Waals surface area contributed by atoms with E-state index in [1.807, 2.05) is 0 Å². The molecule has 0 unspecified atom stereocenters. The molecule has 2 nitrogen and oxygen atoms in total. The molecule has 1 aliphatic rings. The second kappa shape index (κ2) is 9.38. The molecule has 1 aliphatic heterocycles. The Balaban J connectivity index is 0.00000242. The fourth-order valence-corrected chi connectivity index (χ4v) is 2.91. The average molecular weight is 337 g/mol. The van der Waals surface area contributed by atoms with Gasteiger partial charge in [0.1, 0.15) is 0 Å². The molecule has 22 heavy (non-hydrogen) atoms. The minimum absolute atomic E-state index is 0. The summed E-state index contributed by atoms with van der Waals surface area (Å²) < 4.78 is 40.2. The van der Waals surface area contributed by atoms with Crippen LogP contribution in [0.25, 0.3) is 0 Å². The Morgan fingerprint density at radius 1 is 1.09 bits per heavy atom. The quantitative estimate of drug-likeness (QED) is 0.622. The zero-order valence-electron chi connectivity index (χ0n) is 12.9. The number of halogens is 4. The van der Waals surface area contributed by atoms with Crippen LogP contribution in [0.5, 0.6) is 0 Å². The van der Waals surface area contributed by atoms with Gasteiger partial charge in [-0.1, -0.05) is 26.2 Å². The van der Waals surface area contributed by atoms with Crippen molar-refractivity contribution in [2.45, 2.75) is 38.6 Å². The van der Waals surface area contributed by atoms with Crippen LogP contribution in [0.2, 0.25) is 0 Å².